The summed E-state index contributed by atoms with van der Waals surface area (Å²) in [5.74, 6) is -0.353. The molecular weight excluding hydrogens is 461 g/mol. The van der Waals surface area contributed by atoms with Crippen LogP contribution in [0.2, 0.25) is 5.02 Å². The van der Waals surface area contributed by atoms with Crippen molar-refractivity contribution in [2.45, 2.75) is 6.54 Å². The molecule has 1 heterocycles. The standard InChI is InChI=1S/C17H11ClINO3S/c18-13-7-11(3-6-14(13)21)8-15-16(22)20(17(23)24-15)9-10-1-4-12(19)5-2-10/h1-8,21H,9H2/b15-8-. The molecule has 24 heavy (non-hydrogen) atoms. The van der Waals surface area contributed by atoms with Gasteiger partial charge in [0.15, 0.2) is 0 Å². The van der Waals surface area contributed by atoms with Crippen LogP contribution in [0.3, 0.4) is 0 Å². The van der Waals surface area contributed by atoms with Gasteiger partial charge in [0, 0.05) is 3.57 Å². The van der Waals surface area contributed by atoms with Crippen LogP contribution in [0, 0.1) is 3.57 Å². The number of halogens is 2. The maximum absolute atomic E-state index is 12.5. The molecule has 2 aromatic carbocycles. The summed E-state index contributed by atoms with van der Waals surface area (Å²) >= 11 is 8.97. The molecule has 0 spiro atoms. The number of aromatic hydroxyl groups is 1. The summed E-state index contributed by atoms with van der Waals surface area (Å²) < 4.78 is 1.09. The second kappa shape index (κ2) is 7.16. The topological polar surface area (TPSA) is 57.6 Å². The van der Waals surface area contributed by atoms with Gasteiger partial charge in [-0.2, -0.15) is 0 Å². The fourth-order valence-electron chi connectivity index (χ4n) is 2.17. The van der Waals surface area contributed by atoms with Crippen LogP contribution in [-0.4, -0.2) is 21.2 Å². The van der Waals surface area contributed by atoms with Crippen molar-refractivity contribution in [1.82, 2.24) is 4.90 Å². The number of benzene rings is 2. The van der Waals surface area contributed by atoms with Gasteiger partial charge in [0.25, 0.3) is 11.1 Å². The first kappa shape index (κ1) is 17.3. The Hall–Kier alpha value is -1.51. The first-order valence-electron chi connectivity index (χ1n) is 6.92. The van der Waals surface area contributed by atoms with Gasteiger partial charge in [0.05, 0.1) is 16.5 Å². The molecule has 4 nitrogen and oxygen atoms in total. The van der Waals surface area contributed by atoms with E-state index in [0.717, 1.165) is 20.9 Å². The molecule has 1 saturated heterocycles. The van der Waals surface area contributed by atoms with Crippen LogP contribution in [0.4, 0.5) is 4.79 Å². The number of amides is 2. The quantitative estimate of drug-likeness (QED) is 0.512. The minimum absolute atomic E-state index is 0.0272. The van der Waals surface area contributed by atoms with E-state index >= 15 is 0 Å². The van der Waals surface area contributed by atoms with E-state index in [9.17, 15) is 14.7 Å². The third-order valence-corrected chi connectivity index (χ3v) is 5.33. The van der Waals surface area contributed by atoms with Crippen LogP contribution in [-0.2, 0) is 11.3 Å². The van der Waals surface area contributed by atoms with Crippen LogP contribution in [0.5, 0.6) is 5.75 Å². The van der Waals surface area contributed by atoms with Gasteiger partial charge >= 0.3 is 0 Å². The number of thioether (sulfide) groups is 1. The zero-order chi connectivity index (χ0) is 17.3. The molecule has 0 bridgehead atoms. The lowest BCUT2D eigenvalue weighted by Gasteiger charge is -2.12. The zero-order valence-electron chi connectivity index (χ0n) is 12.2. The minimum atomic E-state index is -0.326. The largest absolute Gasteiger partial charge is 0.506 e. The summed E-state index contributed by atoms with van der Waals surface area (Å²) in [7, 11) is 0. The van der Waals surface area contributed by atoms with E-state index in [1.807, 2.05) is 24.3 Å². The fraction of sp³-hybridized carbons (Fsp3) is 0.0588. The minimum Gasteiger partial charge on any atom is -0.506 e. The number of rotatable bonds is 3. The van der Waals surface area contributed by atoms with Crippen LogP contribution < -0.4 is 0 Å². The molecule has 1 N–H and O–H groups in total. The predicted octanol–water partition coefficient (Wildman–Crippen LogP) is 4.89. The SMILES string of the molecule is O=C1S/C(=C\c2ccc(O)c(Cl)c2)C(=O)N1Cc1ccc(I)cc1. The number of carbonyl (C=O) groups is 2. The van der Waals surface area contributed by atoms with Crippen LogP contribution >= 0.6 is 46.0 Å². The maximum Gasteiger partial charge on any atom is 0.293 e. The monoisotopic (exact) mass is 471 g/mol. The van der Waals surface area contributed by atoms with E-state index in [1.54, 1.807) is 18.2 Å². The van der Waals surface area contributed by atoms with Crippen molar-refractivity contribution in [3.05, 3.63) is 67.1 Å². The van der Waals surface area contributed by atoms with E-state index in [2.05, 4.69) is 22.6 Å². The summed E-state index contributed by atoms with van der Waals surface area (Å²) in [6.07, 6.45) is 1.60. The lowest BCUT2D eigenvalue weighted by atomic mass is 10.2. The molecule has 1 fully saturated rings. The third kappa shape index (κ3) is 3.76. The van der Waals surface area contributed by atoms with Gasteiger partial charge in [-0.1, -0.05) is 29.8 Å². The molecule has 122 valence electrons. The van der Waals surface area contributed by atoms with Crippen molar-refractivity contribution < 1.29 is 14.7 Å². The van der Waals surface area contributed by atoms with E-state index in [-0.39, 0.29) is 28.5 Å². The molecule has 7 heteroatoms. The molecular formula is C17H11ClINO3S. The molecule has 0 saturated carbocycles. The highest BCUT2D eigenvalue weighted by Gasteiger charge is 2.34. The molecule has 2 aromatic rings. The highest BCUT2D eigenvalue weighted by atomic mass is 127. The van der Waals surface area contributed by atoms with Gasteiger partial charge in [-0.15, -0.1) is 0 Å². The van der Waals surface area contributed by atoms with Gasteiger partial charge in [-0.3, -0.25) is 14.5 Å². The Kier molecular flexibility index (Phi) is 5.17. The maximum atomic E-state index is 12.5. The molecule has 0 radical (unpaired) electrons. The highest BCUT2D eigenvalue weighted by molar-refractivity contribution is 14.1. The molecule has 0 unspecified atom stereocenters. The Morgan fingerprint density at radius 3 is 2.54 bits per heavy atom. The van der Waals surface area contributed by atoms with Crippen LogP contribution in [0.15, 0.2) is 47.4 Å². The number of nitrogens with zero attached hydrogens (tertiary/aromatic N) is 1. The molecule has 0 atom stereocenters. The lowest BCUT2D eigenvalue weighted by Crippen LogP contribution is -2.27. The number of imide groups is 1. The summed E-state index contributed by atoms with van der Waals surface area (Å²) in [5.41, 5.74) is 1.55. The van der Waals surface area contributed by atoms with Crippen molar-refractivity contribution in [3.8, 4) is 5.75 Å². The van der Waals surface area contributed by atoms with Gasteiger partial charge in [-0.25, -0.2) is 0 Å². The van der Waals surface area contributed by atoms with Crippen molar-refractivity contribution in [1.29, 1.82) is 0 Å². The second-order valence-corrected chi connectivity index (χ2v) is 7.75. The Balaban J connectivity index is 1.81. The average molecular weight is 472 g/mol. The number of phenolic OH excluding ortho intramolecular Hbond substituents is 1. The summed E-state index contributed by atoms with van der Waals surface area (Å²) in [6, 6.07) is 12.3. The molecule has 2 amide bonds. The summed E-state index contributed by atoms with van der Waals surface area (Å²) in [5, 5.41) is 9.34. The number of carbonyl (C=O) groups excluding carboxylic acids is 2. The lowest BCUT2D eigenvalue weighted by molar-refractivity contribution is -0.123. The Bertz CT molecular complexity index is 851. The first-order valence-corrected chi connectivity index (χ1v) is 9.20. The molecule has 1 aliphatic heterocycles. The highest BCUT2D eigenvalue weighted by Crippen LogP contribution is 2.34. The van der Waals surface area contributed by atoms with Gasteiger partial charge in [0.2, 0.25) is 0 Å². The predicted molar refractivity (Wildman–Crippen MR) is 104 cm³/mol. The molecule has 0 aromatic heterocycles. The smallest absolute Gasteiger partial charge is 0.293 e. The van der Waals surface area contributed by atoms with Crippen LogP contribution in [0.1, 0.15) is 11.1 Å². The van der Waals surface area contributed by atoms with E-state index in [1.165, 1.54) is 11.0 Å². The van der Waals surface area contributed by atoms with E-state index < -0.39 is 0 Å². The summed E-state index contributed by atoms with van der Waals surface area (Å²) in [4.78, 5) is 26.2. The second-order valence-electron chi connectivity index (χ2n) is 5.11. The Labute approximate surface area is 161 Å². The van der Waals surface area contributed by atoms with Crippen LogP contribution in [0.25, 0.3) is 6.08 Å². The van der Waals surface area contributed by atoms with Gasteiger partial charge in [-0.05, 0) is 75.8 Å². The van der Waals surface area contributed by atoms with Crippen molar-refractivity contribution in [2.75, 3.05) is 0 Å². The Morgan fingerprint density at radius 1 is 1.17 bits per heavy atom. The molecule has 0 aliphatic carbocycles. The van der Waals surface area contributed by atoms with E-state index in [0.29, 0.717) is 10.5 Å². The number of phenols is 1. The van der Waals surface area contributed by atoms with Crippen molar-refractivity contribution in [2.24, 2.45) is 0 Å². The van der Waals surface area contributed by atoms with Gasteiger partial charge < -0.3 is 5.11 Å². The van der Waals surface area contributed by atoms with Crippen molar-refractivity contribution in [3.63, 3.8) is 0 Å². The Morgan fingerprint density at radius 2 is 1.88 bits per heavy atom. The molecule has 1 aliphatic rings. The van der Waals surface area contributed by atoms with Crippen molar-refractivity contribution >= 4 is 63.2 Å². The van der Waals surface area contributed by atoms with Gasteiger partial charge in [0.1, 0.15) is 5.75 Å². The molecule has 3 rings (SSSR count). The number of hydrogen-bond donors (Lipinski definition) is 1. The average Bonchev–Trinajstić information content (AvgIpc) is 2.80. The summed E-state index contributed by atoms with van der Waals surface area (Å²) in [6.45, 7) is 0.245. The third-order valence-electron chi connectivity index (χ3n) is 3.40. The normalized spacial score (nSPS) is 16.2. The fourth-order valence-corrected chi connectivity index (χ4v) is 3.56. The first-order chi connectivity index (χ1) is 11.4. The number of hydrogen-bond acceptors (Lipinski definition) is 4. The zero-order valence-corrected chi connectivity index (χ0v) is 15.9. The van der Waals surface area contributed by atoms with E-state index in [4.69, 9.17) is 11.6 Å².